The van der Waals surface area contributed by atoms with Gasteiger partial charge in [0.05, 0.1) is 11.5 Å². The Labute approximate surface area is 213 Å². The van der Waals surface area contributed by atoms with E-state index in [1.54, 1.807) is 0 Å². The van der Waals surface area contributed by atoms with E-state index in [1.807, 2.05) is 36.4 Å². The van der Waals surface area contributed by atoms with Gasteiger partial charge in [-0.25, -0.2) is 8.42 Å². The van der Waals surface area contributed by atoms with Gasteiger partial charge in [0.1, 0.15) is 10.0 Å². The molecule has 4 aromatic rings. The van der Waals surface area contributed by atoms with Gasteiger partial charge in [-0.2, -0.15) is 0 Å². The monoisotopic (exact) mass is 528 g/mol. The Kier molecular flexibility index (Phi) is 9.15. The third-order valence-corrected chi connectivity index (χ3v) is 8.79. The van der Waals surface area contributed by atoms with Crippen LogP contribution in [0.1, 0.15) is 21.1 Å². The van der Waals surface area contributed by atoms with E-state index in [-0.39, 0.29) is 11.5 Å². The molecule has 0 bridgehead atoms. The quantitative estimate of drug-likeness (QED) is 0.254. The summed E-state index contributed by atoms with van der Waals surface area (Å²) >= 11 is 2.81. The van der Waals surface area contributed by atoms with Crippen LogP contribution < -0.4 is 10.6 Å². The van der Waals surface area contributed by atoms with Gasteiger partial charge in [0.15, 0.2) is 9.84 Å². The minimum Gasteiger partial charge on any atom is -0.360 e. The van der Waals surface area contributed by atoms with E-state index in [2.05, 4.69) is 55.3 Å². The minimum absolute atomic E-state index is 0.0482. The van der Waals surface area contributed by atoms with Crippen LogP contribution in [0, 0.1) is 0 Å². The molecule has 0 radical (unpaired) electrons. The average molecular weight is 529 g/mol. The number of anilines is 2. The first kappa shape index (κ1) is 25.2. The molecule has 0 aliphatic heterocycles. The summed E-state index contributed by atoms with van der Waals surface area (Å²) in [5.41, 5.74) is 2.50. The number of hydrogen-bond acceptors (Lipinski definition) is 10. The predicted molar refractivity (Wildman–Crippen MR) is 143 cm³/mol. The molecule has 11 heteroatoms. The predicted octanol–water partition coefficient (Wildman–Crippen LogP) is 3.90. The van der Waals surface area contributed by atoms with Crippen LogP contribution in [0.3, 0.4) is 0 Å². The molecule has 0 aliphatic carbocycles. The van der Waals surface area contributed by atoms with Crippen molar-refractivity contribution >= 4 is 42.8 Å². The number of aryl methyl sites for hydroxylation is 2. The van der Waals surface area contributed by atoms with Gasteiger partial charge >= 0.3 is 0 Å². The van der Waals surface area contributed by atoms with E-state index < -0.39 is 9.84 Å². The van der Waals surface area contributed by atoms with Gasteiger partial charge in [-0.1, -0.05) is 83.3 Å². The van der Waals surface area contributed by atoms with Crippen molar-refractivity contribution in [3.8, 4) is 0 Å². The molecule has 0 amide bonds. The van der Waals surface area contributed by atoms with Crippen molar-refractivity contribution in [2.24, 2.45) is 0 Å². The van der Waals surface area contributed by atoms with Crippen LogP contribution in [0.5, 0.6) is 0 Å². The third-order valence-electron chi connectivity index (χ3n) is 5.25. The van der Waals surface area contributed by atoms with Gasteiger partial charge in [0.2, 0.25) is 10.3 Å². The van der Waals surface area contributed by atoms with E-state index in [0.717, 1.165) is 46.2 Å². The van der Waals surface area contributed by atoms with Crippen molar-refractivity contribution < 1.29 is 8.42 Å². The molecule has 0 saturated heterocycles. The zero-order chi connectivity index (χ0) is 24.3. The third kappa shape index (κ3) is 8.68. The number of aromatic nitrogens is 4. The van der Waals surface area contributed by atoms with Gasteiger partial charge in [0.25, 0.3) is 0 Å². The first-order chi connectivity index (χ1) is 17.1. The zero-order valence-corrected chi connectivity index (χ0v) is 21.7. The number of hydrogen-bond donors (Lipinski definition) is 2. The van der Waals surface area contributed by atoms with Crippen LogP contribution >= 0.6 is 22.7 Å². The first-order valence-electron chi connectivity index (χ1n) is 11.5. The summed E-state index contributed by atoms with van der Waals surface area (Å²) in [6.07, 6.45) is 2.51. The highest BCUT2D eigenvalue weighted by Gasteiger charge is 2.15. The Hall–Kier alpha value is -2.89. The molecular formula is C24H28N6O2S3. The summed E-state index contributed by atoms with van der Waals surface area (Å²) in [6.45, 7) is 1.50. The van der Waals surface area contributed by atoms with Crippen LogP contribution in [-0.2, 0) is 35.5 Å². The first-order valence-corrected chi connectivity index (χ1v) is 14.9. The lowest BCUT2D eigenvalue weighted by Gasteiger charge is -2.02. The van der Waals surface area contributed by atoms with Gasteiger partial charge < -0.3 is 10.6 Å². The van der Waals surface area contributed by atoms with Crippen molar-refractivity contribution in [2.45, 2.75) is 25.7 Å². The van der Waals surface area contributed by atoms with Gasteiger partial charge in [-0.3, -0.25) is 0 Å². The summed E-state index contributed by atoms with van der Waals surface area (Å²) in [6, 6.07) is 20.4. The fraction of sp³-hybridized carbons (Fsp3) is 0.333. The Bertz CT molecular complexity index is 1180. The van der Waals surface area contributed by atoms with Crippen LogP contribution in [0.2, 0.25) is 0 Å². The van der Waals surface area contributed by atoms with Crippen LogP contribution in [0.4, 0.5) is 10.3 Å². The molecular weight excluding hydrogens is 501 g/mol. The molecule has 4 rings (SSSR count). The molecule has 184 valence electrons. The second-order valence-corrected chi connectivity index (χ2v) is 12.4. The van der Waals surface area contributed by atoms with E-state index in [9.17, 15) is 8.42 Å². The largest absolute Gasteiger partial charge is 0.360 e. The maximum absolute atomic E-state index is 12.5. The van der Waals surface area contributed by atoms with Crippen molar-refractivity contribution in [3.05, 3.63) is 81.8 Å². The minimum atomic E-state index is -3.23. The van der Waals surface area contributed by atoms with Gasteiger partial charge in [-0.05, 0) is 24.0 Å². The highest BCUT2D eigenvalue weighted by atomic mass is 32.2. The zero-order valence-electron chi connectivity index (χ0n) is 19.3. The molecule has 0 atom stereocenters. The summed E-state index contributed by atoms with van der Waals surface area (Å²) < 4.78 is 25.1. The molecule has 0 fully saturated rings. The number of nitrogens with one attached hydrogen (secondary N) is 2. The van der Waals surface area contributed by atoms with Crippen molar-refractivity contribution in [1.29, 1.82) is 0 Å². The summed E-state index contributed by atoms with van der Waals surface area (Å²) in [5.74, 6) is 0.0965. The molecule has 0 spiro atoms. The van der Waals surface area contributed by atoms with Crippen LogP contribution in [-0.4, -0.2) is 53.4 Å². The molecule has 2 N–H and O–H groups in total. The van der Waals surface area contributed by atoms with E-state index in [0.29, 0.717) is 12.8 Å². The summed E-state index contributed by atoms with van der Waals surface area (Å²) in [4.78, 5) is 0. The lowest BCUT2D eigenvalue weighted by molar-refractivity contribution is 0.594. The molecule has 2 aromatic heterocycles. The van der Waals surface area contributed by atoms with Crippen molar-refractivity contribution in [2.75, 3.05) is 35.2 Å². The molecule has 0 aliphatic rings. The fourth-order valence-electron chi connectivity index (χ4n) is 3.36. The number of sulfone groups is 1. The van der Waals surface area contributed by atoms with Crippen LogP contribution in [0.15, 0.2) is 60.7 Å². The molecule has 2 aromatic carbocycles. The second-order valence-electron chi connectivity index (χ2n) is 7.98. The van der Waals surface area contributed by atoms with E-state index in [4.69, 9.17) is 0 Å². The van der Waals surface area contributed by atoms with Gasteiger partial charge in [0, 0.05) is 25.9 Å². The smallest absolute Gasteiger partial charge is 0.205 e. The highest BCUT2D eigenvalue weighted by Crippen LogP contribution is 2.18. The van der Waals surface area contributed by atoms with Crippen molar-refractivity contribution in [3.63, 3.8) is 0 Å². The average Bonchev–Trinajstić information content (AvgIpc) is 3.53. The Balaban J connectivity index is 1.15. The van der Waals surface area contributed by atoms with E-state index in [1.165, 1.54) is 33.8 Å². The molecule has 0 saturated carbocycles. The Morgan fingerprint density at radius 3 is 1.46 bits per heavy atom. The van der Waals surface area contributed by atoms with Crippen LogP contribution in [0.25, 0.3) is 0 Å². The lowest BCUT2D eigenvalue weighted by Crippen LogP contribution is -2.14. The number of rotatable bonds is 14. The Morgan fingerprint density at radius 2 is 1.03 bits per heavy atom. The molecule has 0 unspecified atom stereocenters. The van der Waals surface area contributed by atoms with E-state index >= 15 is 0 Å². The summed E-state index contributed by atoms with van der Waals surface area (Å²) in [5, 5.41) is 25.9. The van der Waals surface area contributed by atoms with Gasteiger partial charge in [-0.15, -0.1) is 20.4 Å². The number of nitrogens with zero attached hydrogens (tertiary/aromatic N) is 4. The standard InChI is InChI=1S/C24H28N6O2S3/c31-35(32,17-13-21-27-29-23(33-21)25-15-11-19-7-3-1-4-8-19)18-14-22-28-30-24(34-22)26-16-12-20-9-5-2-6-10-20/h1-10H,11-18H2,(H,25,29)(H,26,30). The lowest BCUT2D eigenvalue weighted by atomic mass is 10.2. The molecule has 35 heavy (non-hydrogen) atoms. The second kappa shape index (κ2) is 12.7. The normalized spacial score (nSPS) is 11.4. The molecule has 2 heterocycles. The highest BCUT2D eigenvalue weighted by molar-refractivity contribution is 7.91. The topological polar surface area (TPSA) is 110 Å². The number of benzene rings is 2. The maximum Gasteiger partial charge on any atom is 0.205 e. The summed E-state index contributed by atoms with van der Waals surface area (Å²) in [7, 11) is -3.23. The SMILES string of the molecule is O=S(=O)(CCc1nnc(NCCc2ccccc2)s1)CCc1nnc(NCCc2ccccc2)s1. The van der Waals surface area contributed by atoms with Crippen molar-refractivity contribution in [1.82, 2.24) is 20.4 Å². The molecule has 8 nitrogen and oxygen atoms in total. The fourth-order valence-corrected chi connectivity index (χ4v) is 6.36. The maximum atomic E-state index is 12.5. The Morgan fingerprint density at radius 1 is 0.600 bits per heavy atom.